The second kappa shape index (κ2) is 7.64. The molecule has 1 amide bonds. The largest absolute Gasteiger partial charge is 0.418 e. The number of para-hydroxylation sites is 1. The molecule has 2 aromatic carbocycles. The SMILES string of the molecule is Cc1cc(C(=O)Nc2ccc(S(C)(=O)=O)cc2)c(C)n1-c1ccccc1C(F)(F)F. The van der Waals surface area contributed by atoms with Gasteiger partial charge in [0.2, 0.25) is 0 Å². The minimum atomic E-state index is -4.54. The lowest BCUT2D eigenvalue weighted by molar-refractivity contribution is -0.137. The van der Waals surface area contributed by atoms with Gasteiger partial charge in [0.1, 0.15) is 0 Å². The average Bonchev–Trinajstić information content (AvgIpc) is 2.95. The molecule has 5 nitrogen and oxygen atoms in total. The Morgan fingerprint density at radius 2 is 1.60 bits per heavy atom. The molecule has 0 saturated heterocycles. The molecule has 0 aliphatic carbocycles. The van der Waals surface area contributed by atoms with Crippen LogP contribution in [0.3, 0.4) is 0 Å². The number of rotatable bonds is 4. The normalized spacial score (nSPS) is 12.1. The van der Waals surface area contributed by atoms with Gasteiger partial charge in [-0.05, 0) is 56.3 Å². The van der Waals surface area contributed by atoms with Crippen molar-refractivity contribution in [2.75, 3.05) is 11.6 Å². The number of nitrogens with one attached hydrogen (secondary N) is 1. The molecule has 0 radical (unpaired) electrons. The maximum atomic E-state index is 13.4. The van der Waals surface area contributed by atoms with Crippen LogP contribution in [0, 0.1) is 13.8 Å². The lowest BCUT2D eigenvalue weighted by Gasteiger charge is -2.16. The van der Waals surface area contributed by atoms with Gasteiger partial charge >= 0.3 is 6.18 Å². The second-order valence-corrected chi connectivity index (χ2v) is 8.90. The van der Waals surface area contributed by atoms with Crippen LogP contribution in [-0.4, -0.2) is 25.1 Å². The third-order valence-electron chi connectivity index (χ3n) is 4.67. The summed E-state index contributed by atoms with van der Waals surface area (Å²) in [6, 6.07) is 12.3. The zero-order valence-electron chi connectivity index (χ0n) is 16.4. The minimum Gasteiger partial charge on any atom is -0.322 e. The number of sulfone groups is 1. The highest BCUT2D eigenvalue weighted by atomic mass is 32.2. The summed E-state index contributed by atoms with van der Waals surface area (Å²) in [6.07, 6.45) is -3.46. The molecule has 0 spiro atoms. The summed E-state index contributed by atoms with van der Waals surface area (Å²) in [5, 5.41) is 2.65. The first-order chi connectivity index (χ1) is 13.9. The van der Waals surface area contributed by atoms with Gasteiger partial charge < -0.3 is 9.88 Å². The van der Waals surface area contributed by atoms with Crippen LogP contribution >= 0.6 is 0 Å². The number of aromatic nitrogens is 1. The lowest BCUT2D eigenvalue weighted by Crippen LogP contribution is -2.15. The average molecular weight is 436 g/mol. The Morgan fingerprint density at radius 1 is 1.00 bits per heavy atom. The van der Waals surface area contributed by atoms with Crippen molar-refractivity contribution in [3.63, 3.8) is 0 Å². The van der Waals surface area contributed by atoms with E-state index in [9.17, 15) is 26.4 Å². The molecule has 0 saturated carbocycles. The third-order valence-corrected chi connectivity index (χ3v) is 5.79. The van der Waals surface area contributed by atoms with Gasteiger partial charge in [0.15, 0.2) is 9.84 Å². The molecule has 0 fully saturated rings. The summed E-state index contributed by atoms with van der Waals surface area (Å²) >= 11 is 0. The summed E-state index contributed by atoms with van der Waals surface area (Å²) < 4.78 is 64.8. The van der Waals surface area contributed by atoms with Crippen molar-refractivity contribution < 1.29 is 26.4 Å². The van der Waals surface area contributed by atoms with Crippen molar-refractivity contribution >= 4 is 21.4 Å². The van der Waals surface area contributed by atoms with Gasteiger partial charge in [0.25, 0.3) is 5.91 Å². The molecule has 0 atom stereocenters. The first kappa shape index (κ1) is 21.6. The van der Waals surface area contributed by atoms with E-state index in [-0.39, 0.29) is 16.1 Å². The number of aryl methyl sites for hydroxylation is 1. The number of halogens is 3. The number of carbonyl (C=O) groups is 1. The van der Waals surface area contributed by atoms with Crippen molar-refractivity contribution in [3.05, 3.63) is 77.1 Å². The minimum absolute atomic E-state index is 0.0587. The molecule has 1 N–H and O–H groups in total. The molecular weight excluding hydrogens is 417 g/mol. The number of nitrogens with zero attached hydrogens (tertiary/aromatic N) is 1. The number of carbonyl (C=O) groups excluding carboxylic acids is 1. The summed E-state index contributed by atoms with van der Waals surface area (Å²) in [6.45, 7) is 3.19. The maximum absolute atomic E-state index is 13.4. The Morgan fingerprint density at radius 3 is 2.17 bits per heavy atom. The first-order valence-electron chi connectivity index (χ1n) is 8.86. The van der Waals surface area contributed by atoms with Crippen molar-refractivity contribution in [1.82, 2.24) is 4.57 Å². The van der Waals surface area contributed by atoms with Crippen LogP contribution < -0.4 is 5.32 Å². The van der Waals surface area contributed by atoms with Crippen molar-refractivity contribution in [2.24, 2.45) is 0 Å². The van der Waals surface area contributed by atoms with E-state index >= 15 is 0 Å². The summed E-state index contributed by atoms with van der Waals surface area (Å²) in [4.78, 5) is 12.8. The molecule has 0 bridgehead atoms. The zero-order chi connectivity index (χ0) is 22.3. The van der Waals surface area contributed by atoms with Gasteiger partial charge in [0, 0.05) is 23.3 Å². The number of alkyl halides is 3. The fraction of sp³-hybridized carbons (Fsp3) is 0.190. The Hall–Kier alpha value is -3.07. The molecular formula is C21H19F3N2O3S. The van der Waals surface area contributed by atoms with Crippen LogP contribution in [0.2, 0.25) is 0 Å². The topological polar surface area (TPSA) is 68.2 Å². The van der Waals surface area contributed by atoms with Gasteiger partial charge in [0.05, 0.1) is 21.7 Å². The standard InChI is InChI=1S/C21H19F3N2O3S/c1-13-12-17(20(27)25-15-8-10-16(11-9-15)30(3,28)29)14(2)26(13)19-7-5-4-6-18(19)21(22,23)24/h4-12H,1-3H3,(H,25,27). The molecule has 3 aromatic rings. The van der Waals surface area contributed by atoms with Crippen molar-refractivity contribution in [2.45, 2.75) is 24.9 Å². The Kier molecular flexibility index (Phi) is 5.51. The highest BCUT2D eigenvalue weighted by Crippen LogP contribution is 2.35. The Balaban J connectivity index is 1.96. The van der Waals surface area contributed by atoms with Gasteiger partial charge in [-0.25, -0.2) is 8.42 Å². The molecule has 9 heteroatoms. The van der Waals surface area contributed by atoms with Gasteiger partial charge in [-0.2, -0.15) is 13.2 Å². The van der Waals surface area contributed by atoms with E-state index < -0.39 is 27.5 Å². The van der Waals surface area contributed by atoms with E-state index in [4.69, 9.17) is 0 Å². The first-order valence-corrected chi connectivity index (χ1v) is 10.8. The summed E-state index contributed by atoms with van der Waals surface area (Å²) in [7, 11) is -3.36. The molecule has 0 aliphatic heterocycles. The molecule has 158 valence electrons. The van der Waals surface area contributed by atoms with Crippen LogP contribution in [0.4, 0.5) is 18.9 Å². The number of anilines is 1. The van der Waals surface area contributed by atoms with E-state index in [0.717, 1.165) is 12.3 Å². The zero-order valence-corrected chi connectivity index (χ0v) is 17.2. The summed E-state index contributed by atoms with van der Waals surface area (Å²) in [5.41, 5.74) is 0.562. The molecule has 3 rings (SSSR count). The van der Waals surface area contributed by atoms with E-state index in [1.54, 1.807) is 13.8 Å². The fourth-order valence-corrected chi connectivity index (χ4v) is 3.89. The lowest BCUT2D eigenvalue weighted by atomic mass is 10.1. The second-order valence-electron chi connectivity index (χ2n) is 6.89. The molecule has 0 unspecified atom stereocenters. The quantitative estimate of drug-likeness (QED) is 0.641. The van der Waals surface area contributed by atoms with Gasteiger partial charge in [-0.1, -0.05) is 12.1 Å². The third kappa shape index (κ3) is 4.25. The monoisotopic (exact) mass is 436 g/mol. The van der Waals surface area contributed by atoms with Gasteiger partial charge in [-0.3, -0.25) is 4.79 Å². The van der Waals surface area contributed by atoms with E-state index in [0.29, 0.717) is 17.1 Å². The van der Waals surface area contributed by atoms with Crippen molar-refractivity contribution in [3.8, 4) is 5.69 Å². The number of hydrogen-bond donors (Lipinski definition) is 1. The number of benzene rings is 2. The molecule has 0 aliphatic rings. The number of hydrogen-bond acceptors (Lipinski definition) is 3. The smallest absolute Gasteiger partial charge is 0.322 e. The highest BCUT2D eigenvalue weighted by Gasteiger charge is 2.34. The maximum Gasteiger partial charge on any atom is 0.418 e. The molecule has 30 heavy (non-hydrogen) atoms. The van der Waals surface area contributed by atoms with Crippen LogP contribution in [0.15, 0.2) is 59.5 Å². The number of amides is 1. The van der Waals surface area contributed by atoms with E-state index in [1.807, 2.05) is 0 Å². The van der Waals surface area contributed by atoms with Crippen LogP contribution in [0.5, 0.6) is 0 Å². The van der Waals surface area contributed by atoms with Crippen molar-refractivity contribution in [1.29, 1.82) is 0 Å². The van der Waals surface area contributed by atoms with Crippen LogP contribution in [0.25, 0.3) is 5.69 Å². The van der Waals surface area contributed by atoms with E-state index in [1.165, 1.54) is 53.1 Å². The Labute approximate surface area is 172 Å². The van der Waals surface area contributed by atoms with Gasteiger partial charge in [-0.15, -0.1) is 0 Å². The predicted octanol–water partition coefficient (Wildman–Crippen LogP) is 4.77. The molecule has 1 heterocycles. The van der Waals surface area contributed by atoms with Crippen LogP contribution in [0.1, 0.15) is 27.3 Å². The Bertz CT molecular complexity index is 1210. The van der Waals surface area contributed by atoms with E-state index in [2.05, 4.69) is 5.32 Å². The molecule has 1 aromatic heterocycles. The summed E-state index contributed by atoms with van der Waals surface area (Å²) in [5.74, 6) is -0.508. The van der Waals surface area contributed by atoms with Crippen LogP contribution in [-0.2, 0) is 16.0 Å². The highest BCUT2D eigenvalue weighted by molar-refractivity contribution is 7.90. The fourth-order valence-electron chi connectivity index (χ4n) is 3.26. The predicted molar refractivity (Wildman–Crippen MR) is 108 cm³/mol.